The largest absolute Gasteiger partial charge is 0.465 e. The lowest BCUT2D eigenvalue weighted by molar-refractivity contribution is 0.0601. The lowest BCUT2D eigenvalue weighted by atomic mass is 10.1. The molecular weight excluding hydrogens is 364 g/mol. The van der Waals surface area contributed by atoms with Crippen molar-refractivity contribution >= 4 is 17.6 Å². The first kappa shape index (κ1) is 19.1. The van der Waals surface area contributed by atoms with Crippen molar-refractivity contribution in [2.24, 2.45) is 0 Å². The molecule has 1 saturated heterocycles. The number of carbonyl (C=O) groups is 1. The van der Waals surface area contributed by atoms with Crippen molar-refractivity contribution in [2.75, 3.05) is 25.5 Å². The van der Waals surface area contributed by atoms with E-state index in [1.54, 1.807) is 24.5 Å². The van der Waals surface area contributed by atoms with Gasteiger partial charge in [0.1, 0.15) is 0 Å². The highest BCUT2D eigenvalue weighted by atomic mass is 16.5. The third-order valence-corrected chi connectivity index (χ3v) is 5.11. The van der Waals surface area contributed by atoms with E-state index in [-0.39, 0.29) is 5.97 Å². The van der Waals surface area contributed by atoms with Gasteiger partial charge in [-0.2, -0.15) is 0 Å². The Hall–Kier alpha value is -3.25. The molecule has 0 aliphatic carbocycles. The fraction of sp³-hybridized carbons (Fsp3) is 0.261. The van der Waals surface area contributed by atoms with Gasteiger partial charge in [0.15, 0.2) is 0 Å². The molecule has 1 aliphatic heterocycles. The average molecular weight is 388 g/mol. The molecule has 6 heteroatoms. The monoisotopic (exact) mass is 388 g/mol. The number of hydrogen-bond acceptors (Lipinski definition) is 6. The number of hydrogen-bond donors (Lipinski definition) is 1. The highest BCUT2D eigenvalue weighted by Gasteiger charge is 2.11. The Balaban J connectivity index is 1.38. The van der Waals surface area contributed by atoms with Gasteiger partial charge in [-0.1, -0.05) is 24.3 Å². The number of esters is 1. The molecule has 0 atom stereocenters. The van der Waals surface area contributed by atoms with Crippen LogP contribution in [0.5, 0.6) is 0 Å². The summed E-state index contributed by atoms with van der Waals surface area (Å²) in [5.74, 6) is 0.200. The van der Waals surface area contributed by atoms with Gasteiger partial charge in [0.2, 0.25) is 5.95 Å². The van der Waals surface area contributed by atoms with Crippen LogP contribution in [0.4, 0.5) is 11.6 Å². The van der Waals surface area contributed by atoms with E-state index in [1.165, 1.54) is 38.6 Å². The first-order valence-corrected chi connectivity index (χ1v) is 9.80. The van der Waals surface area contributed by atoms with Crippen molar-refractivity contribution in [3.63, 3.8) is 0 Å². The van der Waals surface area contributed by atoms with Crippen LogP contribution in [-0.2, 0) is 11.3 Å². The number of rotatable bonds is 6. The van der Waals surface area contributed by atoms with Gasteiger partial charge >= 0.3 is 5.97 Å². The zero-order valence-corrected chi connectivity index (χ0v) is 16.5. The summed E-state index contributed by atoms with van der Waals surface area (Å²) in [7, 11) is 1.37. The number of nitrogens with one attached hydrogen (secondary N) is 1. The fourth-order valence-corrected chi connectivity index (χ4v) is 3.48. The Morgan fingerprint density at radius 3 is 2.24 bits per heavy atom. The number of anilines is 2. The minimum atomic E-state index is -0.348. The Bertz CT molecular complexity index is 948. The lowest BCUT2D eigenvalue weighted by Gasteiger charge is -2.14. The molecule has 1 N–H and O–H groups in total. The molecule has 0 radical (unpaired) electrons. The molecule has 1 aliphatic rings. The molecule has 0 bridgehead atoms. The van der Waals surface area contributed by atoms with Crippen molar-refractivity contribution < 1.29 is 9.53 Å². The predicted octanol–water partition coefficient (Wildman–Crippen LogP) is 4.27. The Morgan fingerprint density at radius 1 is 0.966 bits per heavy atom. The summed E-state index contributed by atoms with van der Waals surface area (Å²) in [6.07, 6.45) is 6.15. The van der Waals surface area contributed by atoms with Crippen LogP contribution in [0.1, 0.15) is 28.8 Å². The van der Waals surface area contributed by atoms with Crippen molar-refractivity contribution in [1.82, 2.24) is 14.9 Å². The maximum absolute atomic E-state index is 11.5. The van der Waals surface area contributed by atoms with Crippen LogP contribution in [0.15, 0.2) is 60.9 Å². The van der Waals surface area contributed by atoms with Gasteiger partial charge in [-0.3, -0.25) is 4.90 Å². The van der Waals surface area contributed by atoms with Gasteiger partial charge in [0.25, 0.3) is 0 Å². The Labute approximate surface area is 170 Å². The van der Waals surface area contributed by atoms with Gasteiger partial charge < -0.3 is 10.1 Å². The van der Waals surface area contributed by atoms with Gasteiger partial charge in [-0.05, 0) is 61.3 Å². The molecule has 6 nitrogen and oxygen atoms in total. The highest BCUT2D eigenvalue weighted by Crippen LogP contribution is 2.21. The number of aromatic nitrogens is 2. The molecule has 3 aromatic rings. The summed E-state index contributed by atoms with van der Waals surface area (Å²) in [5.41, 5.74) is 4.63. The van der Waals surface area contributed by atoms with Crippen molar-refractivity contribution in [3.8, 4) is 11.1 Å². The lowest BCUT2D eigenvalue weighted by Crippen LogP contribution is -2.18. The number of carbonyl (C=O) groups excluding carboxylic acids is 1. The molecule has 148 valence electrons. The van der Waals surface area contributed by atoms with Gasteiger partial charge in [-0.25, -0.2) is 14.8 Å². The minimum absolute atomic E-state index is 0.348. The van der Waals surface area contributed by atoms with Crippen LogP contribution in [0.2, 0.25) is 0 Å². The topological polar surface area (TPSA) is 67.3 Å². The Kier molecular flexibility index (Phi) is 5.81. The van der Waals surface area contributed by atoms with Crippen LogP contribution < -0.4 is 5.32 Å². The molecule has 4 rings (SSSR count). The first-order chi connectivity index (χ1) is 14.2. The van der Waals surface area contributed by atoms with E-state index in [0.717, 1.165) is 23.4 Å². The molecule has 0 amide bonds. The molecule has 29 heavy (non-hydrogen) atoms. The SMILES string of the molecule is COC(=O)c1ccc(-c2cnc(Nc3ccc(CN4CCCC4)cc3)nc2)cc1. The molecule has 0 spiro atoms. The van der Waals surface area contributed by atoms with E-state index >= 15 is 0 Å². The summed E-state index contributed by atoms with van der Waals surface area (Å²) in [6, 6.07) is 15.6. The van der Waals surface area contributed by atoms with Crippen LogP contribution in [0, 0.1) is 0 Å². The maximum atomic E-state index is 11.5. The number of methoxy groups -OCH3 is 1. The second-order valence-corrected chi connectivity index (χ2v) is 7.17. The maximum Gasteiger partial charge on any atom is 0.337 e. The number of benzene rings is 2. The third-order valence-electron chi connectivity index (χ3n) is 5.11. The number of ether oxygens (including phenoxy) is 1. The third kappa shape index (κ3) is 4.78. The smallest absolute Gasteiger partial charge is 0.337 e. The van der Waals surface area contributed by atoms with E-state index in [1.807, 2.05) is 12.1 Å². The second kappa shape index (κ2) is 8.84. The quantitative estimate of drug-likeness (QED) is 0.636. The van der Waals surface area contributed by atoms with E-state index in [0.29, 0.717) is 11.5 Å². The molecule has 2 aromatic carbocycles. The minimum Gasteiger partial charge on any atom is -0.465 e. The normalized spacial score (nSPS) is 14.0. The van der Waals surface area contributed by atoms with Gasteiger partial charge in [0.05, 0.1) is 12.7 Å². The van der Waals surface area contributed by atoms with Crippen LogP contribution >= 0.6 is 0 Å². The van der Waals surface area contributed by atoms with Crippen LogP contribution in [-0.4, -0.2) is 41.0 Å². The van der Waals surface area contributed by atoms with E-state index in [4.69, 9.17) is 4.74 Å². The predicted molar refractivity (Wildman–Crippen MR) is 113 cm³/mol. The fourth-order valence-electron chi connectivity index (χ4n) is 3.48. The summed E-state index contributed by atoms with van der Waals surface area (Å²) >= 11 is 0. The molecule has 0 saturated carbocycles. The second-order valence-electron chi connectivity index (χ2n) is 7.17. The van der Waals surface area contributed by atoms with Crippen LogP contribution in [0.3, 0.4) is 0 Å². The summed E-state index contributed by atoms with van der Waals surface area (Å²) in [4.78, 5) is 22.8. The van der Waals surface area contributed by atoms with Crippen molar-refractivity contribution in [1.29, 1.82) is 0 Å². The number of likely N-dealkylation sites (tertiary alicyclic amines) is 1. The molecule has 0 unspecified atom stereocenters. The first-order valence-electron chi connectivity index (χ1n) is 9.80. The highest BCUT2D eigenvalue weighted by molar-refractivity contribution is 5.89. The summed E-state index contributed by atoms with van der Waals surface area (Å²) in [6.45, 7) is 3.41. The Morgan fingerprint density at radius 2 is 1.62 bits per heavy atom. The summed E-state index contributed by atoms with van der Waals surface area (Å²) < 4.78 is 4.72. The van der Waals surface area contributed by atoms with E-state index < -0.39 is 0 Å². The zero-order chi connectivity index (χ0) is 20.1. The summed E-state index contributed by atoms with van der Waals surface area (Å²) in [5, 5.41) is 3.24. The van der Waals surface area contributed by atoms with Crippen molar-refractivity contribution in [3.05, 3.63) is 72.1 Å². The van der Waals surface area contributed by atoms with Gasteiger partial charge in [-0.15, -0.1) is 0 Å². The van der Waals surface area contributed by atoms with E-state index in [9.17, 15) is 4.79 Å². The molecular formula is C23H24N4O2. The van der Waals surface area contributed by atoms with E-state index in [2.05, 4.69) is 44.5 Å². The van der Waals surface area contributed by atoms with Gasteiger partial charge in [0, 0.05) is 30.2 Å². The van der Waals surface area contributed by atoms with Crippen molar-refractivity contribution in [2.45, 2.75) is 19.4 Å². The molecule has 1 fully saturated rings. The number of nitrogens with zero attached hydrogens (tertiary/aromatic N) is 3. The average Bonchev–Trinajstić information content (AvgIpc) is 3.28. The zero-order valence-electron chi connectivity index (χ0n) is 16.5. The molecule has 2 heterocycles. The molecule has 1 aromatic heterocycles. The standard InChI is InChI=1S/C23H24N4O2/c1-29-22(28)19-8-6-18(7-9-19)20-14-24-23(25-15-20)26-21-10-4-17(5-11-21)16-27-12-2-3-13-27/h4-11,14-15H,2-3,12-13,16H2,1H3,(H,24,25,26). The van der Waals surface area contributed by atoms with Crippen LogP contribution in [0.25, 0.3) is 11.1 Å².